The lowest BCUT2D eigenvalue weighted by Gasteiger charge is -2.42. The van der Waals surface area contributed by atoms with E-state index in [0.717, 1.165) is 50.4 Å². The van der Waals surface area contributed by atoms with Crippen molar-refractivity contribution in [1.29, 1.82) is 0 Å². The molecule has 2 aliphatic rings. The Bertz CT molecular complexity index is 328. The van der Waals surface area contributed by atoms with E-state index in [1.807, 2.05) is 6.92 Å². The Morgan fingerprint density at radius 2 is 1.70 bits per heavy atom. The third-order valence-electron chi connectivity index (χ3n) is 5.92. The van der Waals surface area contributed by atoms with Crippen LogP contribution in [-0.4, -0.2) is 18.0 Å². The molecule has 2 heteroatoms. The predicted octanol–water partition coefficient (Wildman–Crippen LogP) is 4.61. The molecule has 0 amide bonds. The Labute approximate surface area is 124 Å². The van der Waals surface area contributed by atoms with Crippen molar-refractivity contribution in [2.45, 2.75) is 78.2 Å². The maximum Gasteiger partial charge on any atom is 0.167 e. The molecule has 2 nitrogen and oxygen atoms in total. The van der Waals surface area contributed by atoms with Gasteiger partial charge in [-0.3, -0.25) is 4.79 Å². The summed E-state index contributed by atoms with van der Waals surface area (Å²) in [7, 11) is 0. The van der Waals surface area contributed by atoms with Gasteiger partial charge in [0, 0.05) is 12.5 Å². The molecule has 2 aliphatic carbocycles. The van der Waals surface area contributed by atoms with Crippen molar-refractivity contribution in [2.24, 2.45) is 23.7 Å². The van der Waals surface area contributed by atoms with E-state index in [0.29, 0.717) is 18.3 Å². The lowest BCUT2D eigenvalue weighted by Crippen LogP contribution is -2.48. The van der Waals surface area contributed by atoms with Crippen LogP contribution in [0.5, 0.6) is 0 Å². The molecular formula is C18H32O2. The second-order valence-corrected chi connectivity index (χ2v) is 7.44. The molecule has 0 aliphatic heterocycles. The highest BCUT2D eigenvalue weighted by Gasteiger charge is 2.45. The van der Waals surface area contributed by atoms with E-state index < -0.39 is 5.60 Å². The summed E-state index contributed by atoms with van der Waals surface area (Å²) in [6.07, 6.45) is 7.53. The van der Waals surface area contributed by atoms with Crippen molar-refractivity contribution in [3.63, 3.8) is 0 Å². The summed E-state index contributed by atoms with van der Waals surface area (Å²) in [5.74, 6) is 2.89. The standard InChI is InChI=1S/C18H32O2/c1-5-20-18(10-8-13(2)9-11-18)17(19)16-7-6-14(3)15(4)12-16/h13-16H,5-12H2,1-4H3. The third kappa shape index (κ3) is 3.27. The van der Waals surface area contributed by atoms with E-state index in [1.54, 1.807) is 0 Å². The number of ketones is 1. The summed E-state index contributed by atoms with van der Waals surface area (Å²) in [6, 6.07) is 0. The van der Waals surface area contributed by atoms with Gasteiger partial charge in [0.05, 0.1) is 0 Å². The predicted molar refractivity (Wildman–Crippen MR) is 82.7 cm³/mol. The van der Waals surface area contributed by atoms with E-state index in [4.69, 9.17) is 4.74 Å². The Morgan fingerprint density at radius 1 is 1.05 bits per heavy atom. The molecule has 0 aromatic rings. The first kappa shape index (κ1) is 16.0. The van der Waals surface area contributed by atoms with Gasteiger partial charge >= 0.3 is 0 Å². The van der Waals surface area contributed by atoms with E-state index in [-0.39, 0.29) is 5.92 Å². The first-order valence-corrected chi connectivity index (χ1v) is 8.66. The minimum absolute atomic E-state index is 0.251. The molecule has 0 aromatic heterocycles. The average molecular weight is 280 g/mol. The van der Waals surface area contributed by atoms with Crippen LogP contribution in [0.15, 0.2) is 0 Å². The normalized spacial score (nSPS) is 42.4. The van der Waals surface area contributed by atoms with Gasteiger partial charge < -0.3 is 4.74 Å². The van der Waals surface area contributed by atoms with Gasteiger partial charge in [-0.25, -0.2) is 0 Å². The SMILES string of the molecule is CCOC1(C(=O)C2CCC(C)C(C)C2)CCC(C)CC1. The van der Waals surface area contributed by atoms with E-state index >= 15 is 0 Å². The van der Waals surface area contributed by atoms with Crippen LogP contribution in [0, 0.1) is 23.7 Å². The fourth-order valence-electron chi connectivity index (χ4n) is 4.12. The van der Waals surface area contributed by atoms with Gasteiger partial charge in [0.1, 0.15) is 5.60 Å². The van der Waals surface area contributed by atoms with Gasteiger partial charge in [0.25, 0.3) is 0 Å². The summed E-state index contributed by atoms with van der Waals surface area (Å²) in [4.78, 5) is 13.1. The Balaban J connectivity index is 2.07. The molecule has 3 unspecified atom stereocenters. The molecule has 0 aromatic carbocycles. The first-order valence-electron chi connectivity index (χ1n) is 8.66. The molecule has 2 rings (SSSR count). The van der Waals surface area contributed by atoms with Crippen molar-refractivity contribution in [3.05, 3.63) is 0 Å². The van der Waals surface area contributed by atoms with Crippen molar-refractivity contribution in [3.8, 4) is 0 Å². The fourth-order valence-corrected chi connectivity index (χ4v) is 4.12. The molecule has 2 fully saturated rings. The Kier molecular flexibility index (Phi) is 5.28. The highest BCUT2D eigenvalue weighted by molar-refractivity contribution is 5.89. The molecule has 116 valence electrons. The lowest BCUT2D eigenvalue weighted by atomic mass is 9.68. The summed E-state index contributed by atoms with van der Waals surface area (Å²) in [5, 5.41) is 0. The maximum atomic E-state index is 13.1. The quantitative estimate of drug-likeness (QED) is 0.751. The molecule has 0 saturated heterocycles. The topological polar surface area (TPSA) is 26.3 Å². The van der Waals surface area contributed by atoms with Crippen molar-refractivity contribution < 1.29 is 9.53 Å². The van der Waals surface area contributed by atoms with Crippen LogP contribution in [0.4, 0.5) is 0 Å². The van der Waals surface area contributed by atoms with Gasteiger partial charge in [-0.15, -0.1) is 0 Å². The molecule has 0 bridgehead atoms. The minimum Gasteiger partial charge on any atom is -0.367 e. The first-order chi connectivity index (χ1) is 9.48. The highest BCUT2D eigenvalue weighted by atomic mass is 16.5. The monoisotopic (exact) mass is 280 g/mol. The molecule has 0 radical (unpaired) electrons. The highest BCUT2D eigenvalue weighted by Crippen LogP contribution is 2.42. The lowest BCUT2D eigenvalue weighted by molar-refractivity contribution is -0.156. The summed E-state index contributed by atoms with van der Waals surface area (Å²) < 4.78 is 6.05. The number of carbonyl (C=O) groups excluding carboxylic acids is 1. The Hall–Kier alpha value is -0.370. The van der Waals surface area contributed by atoms with Gasteiger partial charge in [0.2, 0.25) is 0 Å². The molecule has 2 saturated carbocycles. The average Bonchev–Trinajstić information content (AvgIpc) is 2.44. The zero-order valence-corrected chi connectivity index (χ0v) is 13.8. The zero-order valence-electron chi connectivity index (χ0n) is 13.8. The van der Waals surface area contributed by atoms with Gasteiger partial charge in [-0.1, -0.05) is 20.8 Å². The summed E-state index contributed by atoms with van der Waals surface area (Å²) in [5.41, 5.74) is -0.438. The summed E-state index contributed by atoms with van der Waals surface area (Å²) in [6.45, 7) is 9.62. The smallest absolute Gasteiger partial charge is 0.167 e. The molecule has 3 atom stereocenters. The van der Waals surface area contributed by atoms with E-state index in [1.165, 1.54) is 6.42 Å². The molecule has 0 spiro atoms. The van der Waals surface area contributed by atoms with E-state index in [2.05, 4.69) is 20.8 Å². The van der Waals surface area contributed by atoms with Crippen LogP contribution in [0.2, 0.25) is 0 Å². The second-order valence-electron chi connectivity index (χ2n) is 7.44. The Morgan fingerprint density at radius 3 is 2.25 bits per heavy atom. The second kappa shape index (κ2) is 6.60. The van der Waals surface area contributed by atoms with E-state index in [9.17, 15) is 4.79 Å². The molecular weight excluding hydrogens is 248 g/mol. The minimum atomic E-state index is -0.438. The molecule has 0 heterocycles. The third-order valence-corrected chi connectivity index (χ3v) is 5.92. The van der Waals surface area contributed by atoms with Gasteiger partial charge in [0.15, 0.2) is 5.78 Å². The van der Waals surface area contributed by atoms with Crippen molar-refractivity contribution >= 4 is 5.78 Å². The van der Waals surface area contributed by atoms with Crippen LogP contribution in [0.3, 0.4) is 0 Å². The number of carbonyl (C=O) groups is 1. The zero-order chi connectivity index (χ0) is 14.8. The number of hydrogen-bond donors (Lipinski definition) is 0. The largest absolute Gasteiger partial charge is 0.367 e. The number of hydrogen-bond acceptors (Lipinski definition) is 2. The molecule has 0 N–H and O–H groups in total. The summed E-state index contributed by atoms with van der Waals surface area (Å²) >= 11 is 0. The fraction of sp³-hybridized carbons (Fsp3) is 0.944. The number of rotatable bonds is 4. The van der Waals surface area contributed by atoms with Gasteiger partial charge in [-0.2, -0.15) is 0 Å². The van der Waals surface area contributed by atoms with Crippen LogP contribution in [0.1, 0.15) is 72.6 Å². The van der Waals surface area contributed by atoms with Crippen LogP contribution in [-0.2, 0) is 9.53 Å². The van der Waals surface area contributed by atoms with Crippen LogP contribution >= 0.6 is 0 Å². The van der Waals surface area contributed by atoms with Crippen LogP contribution < -0.4 is 0 Å². The van der Waals surface area contributed by atoms with Crippen LogP contribution in [0.25, 0.3) is 0 Å². The van der Waals surface area contributed by atoms with Gasteiger partial charge in [-0.05, 0) is 69.6 Å². The van der Waals surface area contributed by atoms with Crippen molar-refractivity contribution in [2.75, 3.05) is 6.61 Å². The number of Topliss-reactive ketones (excluding diaryl/α,β-unsaturated/α-hetero) is 1. The maximum absolute atomic E-state index is 13.1. The van der Waals surface area contributed by atoms with Crippen molar-refractivity contribution in [1.82, 2.24) is 0 Å². The number of ether oxygens (including phenoxy) is 1. The molecule has 20 heavy (non-hydrogen) atoms.